The number of nitrogens with one attached hydrogen (secondary N) is 1. The third-order valence-corrected chi connectivity index (χ3v) is 4.09. The summed E-state index contributed by atoms with van der Waals surface area (Å²) in [6.45, 7) is 6.22. The highest BCUT2D eigenvalue weighted by atomic mass is 35.5. The quantitative estimate of drug-likeness (QED) is 0.810. The number of hydrogen-bond donors (Lipinski definition) is 1. The molecule has 0 saturated heterocycles. The molecule has 0 aliphatic heterocycles. The van der Waals surface area contributed by atoms with Crippen molar-refractivity contribution >= 4 is 29.0 Å². The lowest BCUT2D eigenvalue weighted by atomic mass is 10.2. The van der Waals surface area contributed by atoms with Crippen LogP contribution in [0.2, 0.25) is 5.02 Å². The zero-order chi connectivity index (χ0) is 13.7. The number of likely N-dealkylation sites (N-methyl/N-ethyl adjacent to an activating group) is 1. The Morgan fingerprint density at radius 2 is 2.16 bits per heavy atom. The molecule has 0 atom stereocenters. The molecule has 1 aromatic heterocycles. The van der Waals surface area contributed by atoms with Crippen LogP contribution in [0.3, 0.4) is 0 Å². The van der Waals surface area contributed by atoms with Gasteiger partial charge in [0.2, 0.25) is 0 Å². The first-order valence-corrected chi connectivity index (χ1v) is 7.62. The standard InChI is InChI=1S/C16H18ClNS/c1-3-18-11-12(2)9-15-7-8-16(19-15)13-5-4-6-14(17)10-13/h4-10,18H,3,11H2,1-2H3. The molecule has 1 heterocycles. The van der Waals surface area contributed by atoms with Crippen LogP contribution in [-0.4, -0.2) is 13.1 Å². The van der Waals surface area contributed by atoms with E-state index in [1.54, 1.807) is 11.3 Å². The first kappa shape index (κ1) is 14.3. The first-order valence-electron chi connectivity index (χ1n) is 6.42. The van der Waals surface area contributed by atoms with Crippen molar-refractivity contribution < 1.29 is 0 Å². The van der Waals surface area contributed by atoms with Crippen LogP contribution in [0.4, 0.5) is 0 Å². The number of thiophene rings is 1. The van der Waals surface area contributed by atoms with Crippen LogP contribution < -0.4 is 5.32 Å². The summed E-state index contributed by atoms with van der Waals surface area (Å²) in [5.74, 6) is 0. The second kappa shape index (κ2) is 6.90. The highest BCUT2D eigenvalue weighted by Gasteiger charge is 2.02. The summed E-state index contributed by atoms with van der Waals surface area (Å²) in [7, 11) is 0. The molecule has 1 N–H and O–H groups in total. The molecule has 0 aliphatic carbocycles. The highest BCUT2D eigenvalue weighted by Crippen LogP contribution is 2.30. The summed E-state index contributed by atoms with van der Waals surface area (Å²) in [6, 6.07) is 12.3. The minimum Gasteiger partial charge on any atom is -0.313 e. The van der Waals surface area contributed by atoms with Gasteiger partial charge in [-0.1, -0.05) is 36.2 Å². The average molecular weight is 292 g/mol. The molecule has 0 radical (unpaired) electrons. The van der Waals surface area contributed by atoms with Crippen LogP contribution in [0.1, 0.15) is 18.7 Å². The second-order valence-corrected chi connectivity index (χ2v) is 6.04. The number of hydrogen-bond acceptors (Lipinski definition) is 2. The van der Waals surface area contributed by atoms with Crippen molar-refractivity contribution in [2.45, 2.75) is 13.8 Å². The van der Waals surface area contributed by atoms with Gasteiger partial charge in [0, 0.05) is 21.3 Å². The lowest BCUT2D eigenvalue weighted by molar-refractivity contribution is 0.779. The van der Waals surface area contributed by atoms with Crippen molar-refractivity contribution in [3.63, 3.8) is 0 Å². The van der Waals surface area contributed by atoms with Gasteiger partial charge in [-0.2, -0.15) is 0 Å². The van der Waals surface area contributed by atoms with E-state index in [1.807, 2.05) is 18.2 Å². The molecule has 0 bridgehead atoms. The van der Waals surface area contributed by atoms with Crippen LogP contribution in [0.25, 0.3) is 16.5 Å². The molecule has 2 aromatic rings. The van der Waals surface area contributed by atoms with Gasteiger partial charge in [-0.3, -0.25) is 0 Å². The smallest absolute Gasteiger partial charge is 0.0412 e. The van der Waals surface area contributed by atoms with Gasteiger partial charge in [-0.25, -0.2) is 0 Å². The predicted octanol–water partition coefficient (Wildman–Crippen LogP) is 5.08. The Balaban J connectivity index is 2.15. The number of rotatable bonds is 5. The molecule has 0 unspecified atom stereocenters. The van der Waals surface area contributed by atoms with E-state index in [1.165, 1.54) is 20.9 Å². The Bertz CT molecular complexity index is 572. The van der Waals surface area contributed by atoms with Crippen molar-refractivity contribution in [2.24, 2.45) is 0 Å². The summed E-state index contributed by atoms with van der Waals surface area (Å²) >= 11 is 7.82. The topological polar surface area (TPSA) is 12.0 Å². The van der Waals surface area contributed by atoms with Gasteiger partial charge in [0.25, 0.3) is 0 Å². The Labute approximate surface area is 123 Å². The summed E-state index contributed by atoms with van der Waals surface area (Å²) in [4.78, 5) is 2.54. The van der Waals surface area contributed by atoms with E-state index >= 15 is 0 Å². The molecule has 1 aromatic carbocycles. The molecule has 0 fully saturated rings. The maximum absolute atomic E-state index is 6.03. The largest absolute Gasteiger partial charge is 0.313 e. The SMILES string of the molecule is CCNCC(C)=Cc1ccc(-c2cccc(Cl)c2)s1. The molecule has 0 saturated carbocycles. The van der Waals surface area contributed by atoms with Crippen LogP contribution >= 0.6 is 22.9 Å². The predicted molar refractivity (Wildman–Crippen MR) is 87.0 cm³/mol. The summed E-state index contributed by atoms with van der Waals surface area (Å²) in [5, 5.41) is 4.12. The van der Waals surface area contributed by atoms with Crippen molar-refractivity contribution in [2.75, 3.05) is 13.1 Å². The van der Waals surface area contributed by atoms with Gasteiger partial charge in [-0.15, -0.1) is 11.3 Å². The van der Waals surface area contributed by atoms with Gasteiger partial charge >= 0.3 is 0 Å². The van der Waals surface area contributed by atoms with E-state index in [-0.39, 0.29) is 0 Å². The fraction of sp³-hybridized carbons (Fsp3) is 0.250. The zero-order valence-electron chi connectivity index (χ0n) is 11.2. The molecule has 0 aliphatic rings. The molecule has 3 heteroatoms. The number of halogens is 1. The van der Waals surface area contributed by atoms with Crippen LogP contribution in [0.15, 0.2) is 42.0 Å². The highest BCUT2D eigenvalue weighted by molar-refractivity contribution is 7.16. The summed E-state index contributed by atoms with van der Waals surface area (Å²) in [5.41, 5.74) is 2.53. The third-order valence-electron chi connectivity index (χ3n) is 2.78. The zero-order valence-corrected chi connectivity index (χ0v) is 12.8. The fourth-order valence-electron chi connectivity index (χ4n) is 1.84. The van der Waals surface area contributed by atoms with Crippen molar-refractivity contribution in [1.82, 2.24) is 5.32 Å². The van der Waals surface area contributed by atoms with E-state index in [0.29, 0.717) is 0 Å². The monoisotopic (exact) mass is 291 g/mol. The summed E-state index contributed by atoms with van der Waals surface area (Å²) in [6.07, 6.45) is 2.24. The van der Waals surface area contributed by atoms with Gasteiger partial charge in [-0.05, 0) is 49.4 Å². The minimum atomic E-state index is 0.784. The summed E-state index contributed by atoms with van der Waals surface area (Å²) < 4.78 is 0. The Kier molecular flexibility index (Phi) is 5.20. The van der Waals surface area contributed by atoms with Crippen molar-refractivity contribution in [3.05, 3.63) is 51.9 Å². The minimum absolute atomic E-state index is 0.784. The van der Waals surface area contributed by atoms with E-state index in [0.717, 1.165) is 18.1 Å². The van der Waals surface area contributed by atoms with Crippen LogP contribution in [-0.2, 0) is 0 Å². The maximum atomic E-state index is 6.03. The van der Waals surface area contributed by atoms with Gasteiger partial charge in [0.05, 0.1) is 0 Å². The molecule has 100 valence electrons. The molecule has 19 heavy (non-hydrogen) atoms. The van der Waals surface area contributed by atoms with Crippen LogP contribution in [0, 0.1) is 0 Å². The lowest BCUT2D eigenvalue weighted by Gasteiger charge is -2.00. The molecular formula is C16H18ClNS. The number of benzene rings is 1. The Morgan fingerprint density at radius 1 is 1.32 bits per heavy atom. The molecule has 0 amide bonds. The fourth-order valence-corrected chi connectivity index (χ4v) is 3.06. The molecular weight excluding hydrogens is 274 g/mol. The van der Waals surface area contributed by atoms with Crippen LogP contribution in [0.5, 0.6) is 0 Å². The molecule has 0 spiro atoms. The molecule has 2 rings (SSSR count). The van der Waals surface area contributed by atoms with E-state index in [9.17, 15) is 0 Å². The Morgan fingerprint density at radius 3 is 2.89 bits per heavy atom. The second-order valence-electron chi connectivity index (χ2n) is 4.48. The van der Waals surface area contributed by atoms with Gasteiger partial charge < -0.3 is 5.32 Å². The average Bonchev–Trinajstić information content (AvgIpc) is 2.85. The van der Waals surface area contributed by atoms with Gasteiger partial charge in [0.1, 0.15) is 0 Å². The normalized spacial score (nSPS) is 11.8. The van der Waals surface area contributed by atoms with Crippen molar-refractivity contribution in [1.29, 1.82) is 0 Å². The van der Waals surface area contributed by atoms with Gasteiger partial charge in [0.15, 0.2) is 0 Å². The lowest BCUT2D eigenvalue weighted by Crippen LogP contribution is -2.14. The molecule has 1 nitrogen and oxygen atoms in total. The first-order chi connectivity index (χ1) is 9.19. The Hall–Kier alpha value is -1.09. The van der Waals surface area contributed by atoms with E-state index in [2.05, 4.69) is 43.4 Å². The third kappa shape index (κ3) is 4.20. The van der Waals surface area contributed by atoms with E-state index < -0.39 is 0 Å². The van der Waals surface area contributed by atoms with Crippen molar-refractivity contribution in [3.8, 4) is 10.4 Å². The maximum Gasteiger partial charge on any atom is 0.0412 e. The van der Waals surface area contributed by atoms with E-state index in [4.69, 9.17) is 11.6 Å².